The summed E-state index contributed by atoms with van der Waals surface area (Å²) in [7, 11) is 0. The van der Waals surface area contributed by atoms with Crippen LogP contribution in [0.15, 0.2) is 30.5 Å². The highest BCUT2D eigenvalue weighted by Gasteiger charge is 2.11. The Morgan fingerprint density at radius 3 is 2.88 bits per heavy atom. The molecule has 0 saturated carbocycles. The second-order valence-electron chi connectivity index (χ2n) is 3.93. The number of hydrogen-bond acceptors (Lipinski definition) is 3. The second kappa shape index (κ2) is 3.69. The van der Waals surface area contributed by atoms with E-state index in [1.54, 1.807) is 4.52 Å². The topological polar surface area (TPSA) is 48.0 Å². The fourth-order valence-corrected chi connectivity index (χ4v) is 1.91. The van der Waals surface area contributed by atoms with Gasteiger partial charge in [0.1, 0.15) is 5.69 Å². The van der Waals surface area contributed by atoms with Crippen molar-refractivity contribution in [2.24, 2.45) is 0 Å². The molecule has 0 spiro atoms. The number of rotatable bonds is 2. The molecule has 0 atom stereocenters. The zero-order chi connectivity index (χ0) is 11.8. The molecule has 0 aliphatic carbocycles. The summed E-state index contributed by atoms with van der Waals surface area (Å²) in [6.45, 7) is 4.86. The molecule has 0 bridgehead atoms. The van der Waals surface area contributed by atoms with E-state index in [0.29, 0.717) is 0 Å². The van der Waals surface area contributed by atoms with Crippen molar-refractivity contribution in [3.8, 4) is 11.5 Å². The molecule has 0 aliphatic rings. The molecule has 86 valence electrons. The van der Waals surface area contributed by atoms with Crippen LogP contribution in [0, 0.1) is 6.92 Å². The first-order valence-corrected chi connectivity index (χ1v) is 5.64. The Bertz CT molecular complexity index is 631. The molecule has 0 aromatic carbocycles. The van der Waals surface area contributed by atoms with Gasteiger partial charge in [0.25, 0.3) is 0 Å². The maximum atomic E-state index is 4.50. The normalized spacial score (nSPS) is 11.2. The fourth-order valence-electron chi connectivity index (χ4n) is 1.91. The van der Waals surface area contributed by atoms with Gasteiger partial charge in [-0.25, -0.2) is 9.50 Å². The Morgan fingerprint density at radius 2 is 2.12 bits per heavy atom. The molecule has 0 amide bonds. The highest BCUT2D eigenvalue weighted by molar-refractivity contribution is 5.54. The van der Waals surface area contributed by atoms with Crippen LogP contribution < -0.4 is 0 Å². The average Bonchev–Trinajstić information content (AvgIpc) is 2.91. The smallest absolute Gasteiger partial charge is 0.200 e. The molecule has 3 heterocycles. The van der Waals surface area contributed by atoms with E-state index in [0.717, 1.165) is 29.4 Å². The number of aryl methyl sites for hydroxylation is 2. The van der Waals surface area contributed by atoms with E-state index in [1.165, 1.54) is 0 Å². The lowest BCUT2D eigenvalue weighted by Gasteiger charge is -1.98. The van der Waals surface area contributed by atoms with E-state index in [4.69, 9.17) is 0 Å². The Labute approximate surface area is 98.7 Å². The van der Waals surface area contributed by atoms with Crippen LogP contribution in [0.4, 0.5) is 0 Å². The Balaban J connectivity index is 2.19. The first-order chi connectivity index (χ1) is 8.28. The van der Waals surface area contributed by atoms with Crippen LogP contribution in [0.5, 0.6) is 0 Å². The molecule has 5 nitrogen and oxygen atoms in total. The molecular formula is C12H13N5. The van der Waals surface area contributed by atoms with Crippen LogP contribution in [-0.2, 0) is 6.54 Å². The molecule has 0 radical (unpaired) electrons. The van der Waals surface area contributed by atoms with Crippen molar-refractivity contribution >= 4 is 5.65 Å². The third kappa shape index (κ3) is 1.60. The van der Waals surface area contributed by atoms with Crippen LogP contribution in [0.3, 0.4) is 0 Å². The van der Waals surface area contributed by atoms with Gasteiger partial charge >= 0.3 is 0 Å². The Morgan fingerprint density at radius 1 is 1.24 bits per heavy atom. The third-order valence-corrected chi connectivity index (χ3v) is 2.67. The van der Waals surface area contributed by atoms with Gasteiger partial charge in [0.2, 0.25) is 0 Å². The van der Waals surface area contributed by atoms with Gasteiger partial charge in [-0.2, -0.15) is 5.10 Å². The van der Waals surface area contributed by atoms with Crippen LogP contribution in [0.2, 0.25) is 0 Å². The monoisotopic (exact) mass is 227 g/mol. The molecule has 0 saturated heterocycles. The minimum atomic E-state index is 0.721. The number of fused-ring (bicyclic) bond motifs is 1. The molecule has 0 N–H and O–H groups in total. The van der Waals surface area contributed by atoms with Gasteiger partial charge in [0, 0.05) is 12.7 Å². The van der Waals surface area contributed by atoms with Gasteiger partial charge in [0.15, 0.2) is 11.5 Å². The van der Waals surface area contributed by atoms with Crippen molar-refractivity contribution in [1.29, 1.82) is 0 Å². The second-order valence-corrected chi connectivity index (χ2v) is 3.93. The van der Waals surface area contributed by atoms with Crippen LogP contribution in [0.25, 0.3) is 17.2 Å². The van der Waals surface area contributed by atoms with Crippen molar-refractivity contribution in [2.45, 2.75) is 20.4 Å². The van der Waals surface area contributed by atoms with Crippen molar-refractivity contribution in [1.82, 2.24) is 24.4 Å². The summed E-state index contributed by atoms with van der Waals surface area (Å²) in [4.78, 5) is 4.50. The van der Waals surface area contributed by atoms with Gasteiger partial charge < -0.3 is 0 Å². The number of pyridine rings is 1. The molecule has 0 unspecified atom stereocenters. The Kier molecular flexibility index (Phi) is 2.18. The highest BCUT2D eigenvalue weighted by atomic mass is 15.3. The molecule has 0 fully saturated rings. The zero-order valence-corrected chi connectivity index (χ0v) is 9.83. The molecule has 0 aliphatic heterocycles. The zero-order valence-electron chi connectivity index (χ0n) is 9.83. The third-order valence-electron chi connectivity index (χ3n) is 2.67. The van der Waals surface area contributed by atoms with Gasteiger partial charge in [-0.1, -0.05) is 6.07 Å². The molecule has 5 heteroatoms. The van der Waals surface area contributed by atoms with Crippen molar-refractivity contribution in [3.05, 3.63) is 36.2 Å². The average molecular weight is 227 g/mol. The van der Waals surface area contributed by atoms with Crippen molar-refractivity contribution in [3.63, 3.8) is 0 Å². The SMILES string of the molecule is CCn1nc(C)cc1-c1nc2ccccn2n1. The van der Waals surface area contributed by atoms with Crippen molar-refractivity contribution in [2.75, 3.05) is 0 Å². The molecule has 3 aromatic rings. The molecule has 17 heavy (non-hydrogen) atoms. The lowest BCUT2D eigenvalue weighted by Crippen LogP contribution is -2.00. The van der Waals surface area contributed by atoms with E-state index in [9.17, 15) is 0 Å². The predicted octanol–water partition coefficient (Wildman–Crippen LogP) is 1.92. The highest BCUT2D eigenvalue weighted by Crippen LogP contribution is 2.17. The first kappa shape index (κ1) is 10.0. The minimum absolute atomic E-state index is 0.721. The standard InChI is InChI=1S/C12H13N5/c1-3-16-10(8-9(2)14-16)12-13-11-6-4-5-7-17(11)15-12/h4-8H,3H2,1-2H3. The fraction of sp³-hybridized carbons (Fsp3) is 0.250. The van der Waals surface area contributed by atoms with E-state index >= 15 is 0 Å². The van der Waals surface area contributed by atoms with E-state index in [1.807, 2.05) is 42.1 Å². The molecule has 3 rings (SSSR count). The first-order valence-electron chi connectivity index (χ1n) is 5.64. The van der Waals surface area contributed by atoms with Crippen LogP contribution in [0.1, 0.15) is 12.6 Å². The van der Waals surface area contributed by atoms with Gasteiger partial charge in [-0.05, 0) is 32.0 Å². The molecule has 3 aromatic heterocycles. The van der Waals surface area contributed by atoms with E-state index in [-0.39, 0.29) is 0 Å². The number of hydrogen-bond donors (Lipinski definition) is 0. The number of aromatic nitrogens is 5. The minimum Gasteiger partial charge on any atom is -0.262 e. The van der Waals surface area contributed by atoms with Crippen LogP contribution in [-0.4, -0.2) is 24.4 Å². The summed E-state index contributed by atoms with van der Waals surface area (Å²) in [5.74, 6) is 0.721. The summed E-state index contributed by atoms with van der Waals surface area (Å²) in [6, 6.07) is 7.85. The molecular weight excluding hydrogens is 214 g/mol. The van der Waals surface area contributed by atoms with E-state index in [2.05, 4.69) is 22.1 Å². The van der Waals surface area contributed by atoms with E-state index < -0.39 is 0 Å². The predicted molar refractivity (Wildman–Crippen MR) is 64.6 cm³/mol. The van der Waals surface area contributed by atoms with Crippen LogP contribution >= 0.6 is 0 Å². The van der Waals surface area contributed by atoms with Crippen molar-refractivity contribution < 1.29 is 0 Å². The summed E-state index contributed by atoms with van der Waals surface area (Å²) in [6.07, 6.45) is 1.89. The summed E-state index contributed by atoms with van der Waals surface area (Å²) in [5.41, 5.74) is 2.80. The number of nitrogens with zero attached hydrogens (tertiary/aromatic N) is 5. The maximum absolute atomic E-state index is 4.50. The van der Waals surface area contributed by atoms with Gasteiger partial charge in [-0.3, -0.25) is 4.68 Å². The maximum Gasteiger partial charge on any atom is 0.200 e. The quantitative estimate of drug-likeness (QED) is 0.672. The Hall–Kier alpha value is -2.17. The van der Waals surface area contributed by atoms with Gasteiger partial charge in [0.05, 0.1) is 5.69 Å². The van der Waals surface area contributed by atoms with Gasteiger partial charge in [-0.15, -0.1) is 5.10 Å². The summed E-state index contributed by atoms with van der Waals surface area (Å²) < 4.78 is 3.70. The lowest BCUT2D eigenvalue weighted by atomic mass is 10.3. The summed E-state index contributed by atoms with van der Waals surface area (Å²) >= 11 is 0. The lowest BCUT2D eigenvalue weighted by molar-refractivity contribution is 0.657. The summed E-state index contributed by atoms with van der Waals surface area (Å²) in [5, 5.41) is 8.85. The largest absolute Gasteiger partial charge is 0.262 e.